The summed E-state index contributed by atoms with van der Waals surface area (Å²) in [6.07, 6.45) is 1.55. The minimum absolute atomic E-state index is 0.290. The highest BCUT2D eigenvalue weighted by atomic mass is 79.9. The van der Waals surface area contributed by atoms with Gasteiger partial charge in [0, 0.05) is 26.2 Å². The predicted octanol–water partition coefficient (Wildman–Crippen LogP) is 5.45. The SMILES string of the molecule is O=C(N/N=C/c1ccccc1OCc1ccccc1Cl)c1cccc(Br)c1. The second-order valence-electron chi connectivity index (χ2n) is 5.63. The molecule has 3 aromatic rings. The number of benzene rings is 3. The number of hydrogen-bond acceptors (Lipinski definition) is 3. The number of rotatable bonds is 6. The van der Waals surface area contributed by atoms with Gasteiger partial charge in [0.15, 0.2) is 0 Å². The van der Waals surface area contributed by atoms with Gasteiger partial charge in [0.2, 0.25) is 0 Å². The average Bonchev–Trinajstić information content (AvgIpc) is 2.68. The van der Waals surface area contributed by atoms with Crippen LogP contribution in [-0.2, 0) is 6.61 Å². The first-order valence-electron chi connectivity index (χ1n) is 8.17. The lowest BCUT2D eigenvalue weighted by atomic mass is 10.2. The minimum Gasteiger partial charge on any atom is -0.488 e. The Morgan fingerprint density at radius 2 is 1.85 bits per heavy atom. The molecule has 0 heterocycles. The van der Waals surface area contributed by atoms with E-state index in [4.69, 9.17) is 16.3 Å². The molecular formula is C21H16BrClN2O2. The molecule has 6 heteroatoms. The number of amides is 1. The quantitative estimate of drug-likeness (QED) is 0.407. The van der Waals surface area contributed by atoms with Gasteiger partial charge in [0.25, 0.3) is 5.91 Å². The molecule has 0 radical (unpaired) electrons. The van der Waals surface area contributed by atoms with Crippen molar-refractivity contribution in [2.24, 2.45) is 5.10 Å². The van der Waals surface area contributed by atoms with Gasteiger partial charge in [-0.15, -0.1) is 0 Å². The third kappa shape index (κ3) is 5.42. The van der Waals surface area contributed by atoms with Crippen LogP contribution in [0.5, 0.6) is 5.75 Å². The molecule has 0 bridgehead atoms. The normalized spacial score (nSPS) is 10.7. The van der Waals surface area contributed by atoms with Gasteiger partial charge in [-0.25, -0.2) is 5.43 Å². The van der Waals surface area contributed by atoms with Gasteiger partial charge in [-0.05, 0) is 36.4 Å². The molecule has 4 nitrogen and oxygen atoms in total. The van der Waals surface area contributed by atoms with Crippen LogP contribution in [0.4, 0.5) is 0 Å². The van der Waals surface area contributed by atoms with E-state index in [1.807, 2.05) is 54.6 Å². The van der Waals surface area contributed by atoms with E-state index < -0.39 is 0 Å². The molecule has 0 aliphatic heterocycles. The van der Waals surface area contributed by atoms with E-state index in [1.54, 1.807) is 24.4 Å². The Hall–Kier alpha value is -2.63. The standard InChI is InChI=1S/C21H16BrClN2O2/c22-18-9-5-8-15(12-18)21(26)25-24-13-16-6-2-4-11-20(16)27-14-17-7-1-3-10-19(17)23/h1-13H,14H2,(H,25,26)/b24-13+. The number of carbonyl (C=O) groups excluding carboxylic acids is 1. The number of halogens is 2. The van der Waals surface area contributed by atoms with E-state index in [-0.39, 0.29) is 5.91 Å². The number of nitrogens with one attached hydrogen (secondary N) is 1. The number of ether oxygens (including phenoxy) is 1. The maximum absolute atomic E-state index is 12.1. The zero-order valence-corrected chi connectivity index (χ0v) is 16.6. The average molecular weight is 444 g/mol. The molecule has 0 saturated heterocycles. The van der Waals surface area contributed by atoms with E-state index in [0.29, 0.717) is 22.9 Å². The van der Waals surface area contributed by atoms with Gasteiger partial charge in [0.1, 0.15) is 12.4 Å². The molecule has 27 heavy (non-hydrogen) atoms. The summed E-state index contributed by atoms with van der Waals surface area (Å²) in [5, 5.41) is 4.69. The van der Waals surface area contributed by atoms with Crippen molar-refractivity contribution in [2.45, 2.75) is 6.61 Å². The topological polar surface area (TPSA) is 50.7 Å². The Balaban J connectivity index is 1.66. The smallest absolute Gasteiger partial charge is 0.271 e. The molecule has 0 fully saturated rings. The first-order valence-corrected chi connectivity index (χ1v) is 9.35. The van der Waals surface area contributed by atoms with Crippen LogP contribution in [0.3, 0.4) is 0 Å². The summed E-state index contributed by atoms with van der Waals surface area (Å²) in [4.78, 5) is 12.1. The molecular weight excluding hydrogens is 428 g/mol. The lowest BCUT2D eigenvalue weighted by Crippen LogP contribution is -2.17. The maximum Gasteiger partial charge on any atom is 0.271 e. The fraction of sp³-hybridized carbons (Fsp3) is 0.0476. The Morgan fingerprint density at radius 3 is 2.67 bits per heavy atom. The maximum atomic E-state index is 12.1. The third-order valence-electron chi connectivity index (χ3n) is 3.72. The second-order valence-corrected chi connectivity index (χ2v) is 6.95. The number of nitrogens with zero attached hydrogens (tertiary/aromatic N) is 1. The van der Waals surface area contributed by atoms with Gasteiger partial charge in [0.05, 0.1) is 6.21 Å². The summed E-state index contributed by atoms with van der Waals surface area (Å²) in [5.74, 6) is 0.361. The fourth-order valence-electron chi connectivity index (χ4n) is 2.34. The lowest BCUT2D eigenvalue weighted by molar-refractivity contribution is 0.0955. The highest BCUT2D eigenvalue weighted by Crippen LogP contribution is 2.21. The van der Waals surface area contributed by atoms with Crippen molar-refractivity contribution in [2.75, 3.05) is 0 Å². The number of para-hydroxylation sites is 1. The van der Waals surface area contributed by atoms with Crippen LogP contribution in [-0.4, -0.2) is 12.1 Å². The lowest BCUT2D eigenvalue weighted by Gasteiger charge is -2.10. The van der Waals surface area contributed by atoms with E-state index in [2.05, 4.69) is 26.5 Å². The van der Waals surface area contributed by atoms with Crippen molar-refractivity contribution in [3.63, 3.8) is 0 Å². The Bertz CT molecular complexity index is 976. The van der Waals surface area contributed by atoms with E-state index >= 15 is 0 Å². The summed E-state index contributed by atoms with van der Waals surface area (Å²) in [5.41, 5.74) is 4.68. The highest BCUT2D eigenvalue weighted by molar-refractivity contribution is 9.10. The molecule has 0 spiro atoms. The van der Waals surface area contributed by atoms with Crippen LogP contribution in [0.25, 0.3) is 0 Å². The van der Waals surface area contributed by atoms with Crippen molar-refractivity contribution < 1.29 is 9.53 Å². The molecule has 0 unspecified atom stereocenters. The van der Waals surface area contributed by atoms with Gasteiger partial charge >= 0.3 is 0 Å². The van der Waals surface area contributed by atoms with Gasteiger partial charge in [-0.1, -0.05) is 63.9 Å². The number of hydrogen-bond donors (Lipinski definition) is 1. The second kappa shape index (κ2) is 9.35. The van der Waals surface area contributed by atoms with Crippen molar-refractivity contribution in [3.8, 4) is 5.75 Å². The third-order valence-corrected chi connectivity index (χ3v) is 4.58. The minimum atomic E-state index is -0.290. The van der Waals surface area contributed by atoms with Crippen molar-refractivity contribution >= 4 is 39.7 Å². The van der Waals surface area contributed by atoms with Gasteiger partial charge in [-0.2, -0.15) is 5.10 Å². The highest BCUT2D eigenvalue weighted by Gasteiger charge is 2.06. The summed E-state index contributed by atoms with van der Waals surface area (Å²) in [6.45, 7) is 0.342. The van der Waals surface area contributed by atoms with Crippen LogP contribution in [0.15, 0.2) is 82.4 Å². The molecule has 0 aliphatic rings. The molecule has 1 amide bonds. The van der Waals surface area contributed by atoms with E-state index in [0.717, 1.165) is 15.6 Å². The van der Waals surface area contributed by atoms with E-state index in [1.165, 1.54) is 0 Å². The molecule has 3 aromatic carbocycles. The van der Waals surface area contributed by atoms with Crippen molar-refractivity contribution in [1.82, 2.24) is 5.43 Å². The first-order chi connectivity index (χ1) is 13.1. The summed E-state index contributed by atoms with van der Waals surface area (Å²) in [6, 6.07) is 22.1. The molecule has 1 N–H and O–H groups in total. The van der Waals surface area contributed by atoms with Crippen LogP contribution in [0.2, 0.25) is 5.02 Å². The van der Waals surface area contributed by atoms with E-state index in [9.17, 15) is 4.79 Å². The van der Waals surface area contributed by atoms with Crippen LogP contribution in [0.1, 0.15) is 21.5 Å². The summed E-state index contributed by atoms with van der Waals surface area (Å²) < 4.78 is 6.70. The van der Waals surface area contributed by atoms with Crippen LogP contribution < -0.4 is 10.2 Å². The predicted molar refractivity (Wildman–Crippen MR) is 111 cm³/mol. The number of carbonyl (C=O) groups is 1. The molecule has 136 valence electrons. The van der Waals surface area contributed by atoms with Gasteiger partial charge in [-0.3, -0.25) is 4.79 Å². The van der Waals surface area contributed by atoms with Crippen LogP contribution >= 0.6 is 27.5 Å². The molecule has 0 saturated carbocycles. The Morgan fingerprint density at radius 1 is 1.07 bits per heavy atom. The number of hydrazone groups is 1. The zero-order valence-electron chi connectivity index (χ0n) is 14.2. The molecule has 0 aliphatic carbocycles. The molecule has 3 rings (SSSR count). The largest absolute Gasteiger partial charge is 0.488 e. The van der Waals surface area contributed by atoms with Crippen molar-refractivity contribution in [3.05, 3.63) is 99.0 Å². The monoisotopic (exact) mass is 442 g/mol. The first kappa shape index (κ1) is 19.1. The fourth-order valence-corrected chi connectivity index (χ4v) is 2.93. The van der Waals surface area contributed by atoms with Crippen LogP contribution in [0, 0.1) is 0 Å². The molecule has 0 atom stereocenters. The summed E-state index contributed by atoms with van der Waals surface area (Å²) in [7, 11) is 0. The zero-order chi connectivity index (χ0) is 19.1. The van der Waals surface area contributed by atoms with Gasteiger partial charge < -0.3 is 4.74 Å². The Kier molecular flexibility index (Phi) is 6.63. The summed E-state index contributed by atoms with van der Waals surface area (Å²) >= 11 is 9.50. The molecule has 0 aromatic heterocycles. The Labute approximate surface area is 171 Å². The van der Waals surface area contributed by atoms with Crippen molar-refractivity contribution in [1.29, 1.82) is 0 Å².